The van der Waals surface area contributed by atoms with Gasteiger partial charge in [-0.3, -0.25) is 4.79 Å². The van der Waals surface area contributed by atoms with E-state index in [0.717, 1.165) is 24.3 Å². The molecule has 0 aromatic carbocycles. The third-order valence-electron chi connectivity index (χ3n) is 2.99. The summed E-state index contributed by atoms with van der Waals surface area (Å²) >= 11 is 1.49. The van der Waals surface area contributed by atoms with E-state index in [1.807, 2.05) is 6.92 Å². The Hall–Kier alpha value is -0.940. The van der Waals surface area contributed by atoms with Gasteiger partial charge in [0.2, 0.25) is 0 Å². The van der Waals surface area contributed by atoms with Crippen LogP contribution in [0.3, 0.4) is 0 Å². The Balaban J connectivity index is 1.96. The van der Waals surface area contributed by atoms with Crippen LogP contribution in [-0.4, -0.2) is 23.0 Å². The maximum absolute atomic E-state index is 11.8. The van der Waals surface area contributed by atoms with Crippen LogP contribution in [0, 0.1) is 6.92 Å². The molecular weight excluding hydrogens is 222 g/mol. The standard InChI is InChI=1S/C11H17N3OS/c1-7-13-10(6-16-7)11(15)14-9-5-3-2-4-8(9)12/h6,8-9H,2-5,12H2,1H3,(H,14,15)/t8-,9-/m1/s1. The Kier molecular flexibility index (Phi) is 3.56. The zero-order valence-electron chi connectivity index (χ0n) is 9.40. The molecule has 2 rings (SSSR count). The van der Waals surface area contributed by atoms with Crippen LogP contribution in [0.25, 0.3) is 0 Å². The molecule has 1 aromatic heterocycles. The molecule has 3 N–H and O–H groups in total. The predicted octanol–water partition coefficient (Wildman–Crippen LogP) is 1.45. The fourth-order valence-electron chi connectivity index (χ4n) is 2.05. The van der Waals surface area contributed by atoms with Gasteiger partial charge < -0.3 is 11.1 Å². The molecule has 88 valence electrons. The number of hydrogen-bond acceptors (Lipinski definition) is 4. The van der Waals surface area contributed by atoms with Crippen molar-refractivity contribution in [3.05, 3.63) is 16.1 Å². The maximum Gasteiger partial charge on any atom is 0.271 e. The molecule has 1 aliphatic carbocycles. The molecule has 5 heteroatoms. The van der Waals surface area contributed by atoms with Gasteiger partial charge in [-0.05, 0) is 19.8 Å². The normalized spacial score (nSPS) is 25.4. The molecule has 1 fully saturated rings. The summed E-state index contributed by atoms with van der Waals surface area (Å²) in [5, 5.41) is 5.68. The van der Waals surface area contributed by atoms with Gasteiger partial charge in [0.25, 0.3) is 5.91 Å². The predicted molar refractivity (Wildman–Crippen MR) is 64.5 cm³/mol. The molecule has 0 bridgehead atoms. The van der Waals surface area contributed by atoms with Gasteiger partial charge in [0.05, 0.1) is 5.01 Å². The number of nitrogens with two attached hydrogens (primary N) is 1. The number of nitrogens with zero attached hydrogens (tertiary/aromatic N) is 1. The third-order valence-corrected chi connectivity index (χ3v) is 3.76. The molecule has 2 atom stereocenters. The van der Waals surface area contributed by atoms with Gasteiger partial charge in [-0.15, -0.1) is 11.3 Å². The maximum atomic E-state index is 11.8. The molecule has 1 aromatic rings. The topological polar surface area (TPSA) is 68.0 Å². The van der Waals surface area contributed by atoms with Gasteiger partial charge in [0, 0.05) is 17.5 Å². The smallest absolute Gasteiger partial charge is 0.271 e. The zero-order chi connectivity index (χ0) is 11.5. The summed E-state index contributed by atoms with van der Waals surface area (Å²) in [6.07, 6.45) is 4.30. The number of nitrogens with one attached hydrogen (secondary N) is 1. The summed E-state index contributed by atoms with van der Waals surface area (Å²) in [4.78, 5) is 16.0. The molecular formula is C11H17N3OS. The molecule has 0 spiro atoms. The van der Waals surface area contributed by atoms with Crippen molar-refractivity contribution in [1.82, 2.24) is 10.3 Å². The summed E-state index contributed by atoms with van der Waals surface area (Å²) in [7, 11) is 0. The van der Waals surface area contributed by atoms with Crippen LogP contribution in [0.15, 0.2) is 5.38 Å². The van der Waals surface area contributed by atoms with Crippen molar-refractivity contribution in [3.63, 3.8) is 0 Å². The number of rotatable bonds is 2. The highest BCUT2D eigenvalue weighted by atomic mass is 32.1. The third kappa shape index (κ3) is 2.59. The lowest BCUT2D eigenvalue weighted by atomic mass is 9.91. The minimum absolute atomic E-state index is 0.0910. The first-order chi connectivity index (χ1) is 7.66. The average Bonchev–Trinajstić information content (AvgIpc) is 2.68. The van der Waals surface area contributed by atoms with Crippen LogP contribution in [0.2, 0.25) is 0 Å². The lowest BCUT2D eigenvalue weighted by Gasteiger charge is -2.28. The number of hydrogen-bond donors (Lipinski definition) is 2. The van der Waals surface area contributed by atoms with Gasteiger partial charge in [0.1, 0.15) is 5.69 Å². The van der Waals surface area contributed by atoms with E-state index in [1.165, 1.54) is 17.8 Å². The van der Waals surface area contributed by atoms with E-state index >= 15 is 0 Å². The quantitative estimate of drug-likeness (QED) is 0.821. The van der Waals surface area contributed by atoms with Crippen molar-refractivity contribution in [2.24, 2.45) is 5.73 Å². The van der Waals surface area contributed by atoms with E-state index < -0.39 is 0 Å². The summed E-state index contributed by atoms with van der Waals surface area (Å²) in [6.45, 7) is 1.90. The molecule has 0 unspecified atom stereocenters. The van der Waals surface area contributed by atoms with E-state index in [4.69, 9.17) is 5.73 Å². The number of aryl methyl sites for hydroxylation is 1. The van der Waals surface area contributed by atoms with Gasteiger partial charge >= 0.3 is 0 Å². The summed E-state index contributed by atoms with van der Waals surface area (Å²) in [5.41, 5.74) is 6.49. The summed E-state index contributed by atoms with van der Waals surface area (Å²) < 4.78 is 0. The fraction of sp³-hybridized carbons (Fsp3) is 0.636. The van der Waals surface area contributed by atoms with E-state index in [9.17, 15) is 4.79 Å². The van der Waals surface area contributed by atoms with Crippen molar-refractivity contribution < 1.29 is 4.79 Å². The van der Waals surface area contributed by atoms with Crippen LogP contribution in [0.1, 0.15) is 41.2 Å². The number of aromatic nitrogens is 1. The molecule has 0 saturated heterocycles. The molecule has 1 heterocycles. The van der Waals surface area contributed by atoms with Gasteiger partial charge in [-0.25, -0.2) is 4.98 Å². The molecule has 16 heavy (non-hydrogen) atoms. The largest absolute Gasteiger partial charge is 0.346 e. The second-order valence-electron chi connectivity index (χ2n) is 4.28. The van der Waals surface area contributed by atoms with Crippen LogP contribution in [-0.2, 0) is 0 Å². The first-order valence-electron chi connectivity index (χ1n) is 5.65. The van der Waals surface area contributed by atoms with Crippen LogP contribution < -0.4 is 11.1 Å². The van der Waals surface area contributed by atoms with Crippen molar-refractivity contribution in [3.8, 4) is 0 Å². The second kappa shape index (κ2) is 4.93. The molecule has 1 aliphatic rings. The average molecular weight is 239 g/mol. The number of amides is 1. The minimum atomic E-state index is -0.0910. The highest BCUT2D eigenvalue weighted by Gasteiger charge is 2.24. The fourth-order valence-corrected chi connectivity index (χ4v) is 2.64. The first kappa shape index (κ1) is 11.5. The Morgan fingerprint density at radius 1 is 1.56 bits per heavy atom. The van der Waals surface area contributed by atoms with Crippen LogP contribution in [0.4, 0.5) is 0 Å². The van der Waals surface area contributed by atoms with Crippen LogP contribution >= 0.6 is 11.3 Å². The van der Waals surface area contributed by atoms with E-state index in [1.54, 1.807) is 5.38 Å². The number of carbonyl (C=O) groups excluding carboxylic acids is 1. The van der Waals surface area contributed by atoms with Gasteiger partial charge in [-0.1, -0.05) is 12.8 Å². The second-order valence-corrected chi connectivity index (χ2v) is 5.34. The van der Waals surface area contributed by atoms with E-state index in [0.29, 0.717) is 5.69 Å². The molecule has 1 saturated carbocycles. The van der Waals surface area contributed by atoms with Gasteiger partial charge in [-0.2, -0.15) is 0 Å². The molecule has 0 aliphatic heterocycles. The first-order valence-corrected chi connectivity index (χ1v) is 6.53. The highest BCUT2D eigenvalue weighted by molar-refractivity contribution is 7.09. The molecule has 1 amide bonds. The lowest BCUT2D eigenvalue weighted by molar-refractivity contribution is 0.0917. The number of thiazole rings is 1. The lowest BCUT2D eigenvalue weighted by Crippen LogP contribution is -2.49. The SMILES string of the molecule is Cc1nc(C(=O)N[C@@H]2CCCC[C@H]2N)cs1. The Bertz CT molecular complexity index is 377. The molecule has 4 nitrogen and oxygen atoms in total. The van der Waals surface area contributed by atoms with Crippen molar-refractivity contribution in [2.45, 2.75) is 44.7 Å². The van der Waals surface area contributed by atoms with Gasteiger partial charge in [0.15, 0.2) is 0 Å². The molecule has 0 radical (unpaired) electrons. The van der Waals surface area contributed by atoms with Crippen molar-refractivity contribution >= 4 is 17.2 Å². The summed E-state index contributed by atoms with van der Waals surface area (Å²) in [5.74, 6) is -0.0910. The summed E-state index contributed by atoms with van der Waals surface area (Å²) in [6, 6.07) is 0.209. The Labute approximate surface area is 99.3 Å². The van der Waals surface area contributed by atoms with Crippen molar-refractivity contribution in [2.75, 3.05) is 0 Å². The Morgan fingerprint density at radius 2 is 2.31 bits per heavy atom. The zero-order valence-corrected chi connectivity index (χ0v) is 10.2. The van der Waals surface area contributed by atoms with Crippen LogP contribution in [0.5, 0.6) is 0 Å². The van der Waals surface area contributed by atoms with E-state index in [2.05, 4.69) is 10.3 Å². The van der Waals surface area contributed by atoms with Crippen molar-refractivity contribution in [1.29, 1.82) is 0 Å². The van der Waals surface area contributed by atoms with E-state index in [-0.39, 0.29) is 18.0 Å². The monoisotopic (exact) mass is 239 g/mol. The minimum Gasteiger partial charge on any atom is -0.346 e. The number of carbonyl (C=O) groups is 1. The Morgan fingerprint density at radius 3 is 2.94 bits per heavy atom. The highest BCUT2D eigenvalue weighted by Crippen LogP contribution is 2.17.